The molecule has 0 atom stereocenters. The van der Waals surface area contributed by atoms with Crippen LogP contribution < -0.4 is 24.7 Å². The molecule has 29 heavy (non-hydrogen) atoms. The van der Waals surface area contributed by atoms with E-state index in [9.17, 15) is 18.5 Å². The molecule has 3 rings (SSSR count). The quantitative estimate of drug-likeness (QED) is 0.559. The number of anilines is 1. The van der Waals surface area contributed by atoms with E-state index in [0.29, 0.717) is 41.7 Å². The number of nitriles is 1. The number of hydrogen-bond donors (Lipinski definition) is 2. The van der Waals surface area contributed by atoms with Gasteiger partial charge >= 0.3 is 0 Å². The van der Waals surface area contributed by atoms with Gasteiger partial charge in [0.15, 0.2) is 11.5 Å². The molecule has 0 bridgehead atoms. The Balaban J connectivity index is 1.84. The van der Waals surface area contributed by atoms with Gasteiger partial charge in [-0.25, -0.2) is 13.6 Å². The van der Waals surface area contributed by atoms with Gasteiger partial charge in [-0.1, -0.05) is 0 Å². The summed E-state index contributed by atoms with van der Waals surface area (Å²) in [6.07, 6.45) is 1.38. The molecule has 0 radical (unpaired) electrons. The first-order chi connectivity index (χ1) is 13.8. The third kappa shape index (κ3) is 4.66. The fourth-order valence-electron chi connectivity index (χ4n) is 2.62. The number of nitrogens with zero attached hydrogens (tertiary/aromatic N) is 1. The summed E-state index contributed by atoms with van der Waals surface area (Å²) in [5.41, 5.74) is 0.657. The minimum atomic E-state index is -3.83. The molecule has 0 fully saturated rings. The number of benzene rings is 2. The SMILES string of the molecule is COc1cc(/C=C(\C#N)C(=O)Nc2ccc(S(N)(=O)=O)cc2)cc2c1OCCO2. The number of carbonyl (C=O) groups is 1. The number of sulfonamides is 1. The molecule has 0 aromatic heterocycles. The van der Waals surface area contributed by atoms with Crippen LogP contribution in [0.15, 0.2) is 46.9 Å². The van der Waals surface area contributed by atoms with Crippen LogP contribution in [-0.4, -0.2) is 34.6 Å². The van der Waals surface area contributed by atoms with Crippen LogP contribution in [0.5, 0.6) is 17.2 Å². The summed E-state index contributed by atoms with van der Waals surface area (Å²) in [6, 6.07) is 10.4. The second kappa shape index (κ2) is 8.22. The molecular weight excluding hydrogens is 398 g/mol. The molecule has 10 heteroatoms. The largest absolute Gasteiger partial charge is 0.493 e. The maximum atomic E-state index is 12.4. The Morgan fingerprint density at radius 1 is 1.24 bits per heavy atom. The topological polar surface area (TPSA) is 141 Å². The number of hydrogen-bond acceptors (Lipinski definition) is 7. The third-order valence-corrected chi connectivity index (χ3v) is 4.90. The standard InChI is InChI=1S/C19H17N3O6S/c1-26-16-9-12(10-17-18(16)28-7-6-27-17)8-13(11-20)19(23)22-14-2-4-15(5-3-14)29(21,24)25/h2-5,8-10H,6-7H2,1H3,(H,22,23)(H2,21,24,25)/b13-8+. The minimum Gasteiger partial charge on any atom is -0.493 e. The molecule has 1 heterocycles. The van der Waals surface area contributed by atoms with E-state index in [1.54, 1.807) is 12.1 Å². The van der Waals surface area contributed by atoms with Gasteiger partial charge in [0.25, 0.3) is 5.91 Å². The molecule has 1 amide bonds. The van der Waals surface area contributed by atoms with Crippen LogP contribution >= 0.6 is 0 Å². The van der Waals surface area contributed by atoms with Gasteiger partial charge in [-0.15, -0.1) is 0 Å². The fraction of sp³-hybridized carbons (Fsp3) is 0.158. The maximum Gasteiger partial charge on any atom is 0.266 e. The van der Waals surface area contributed by atoms with Crippen LogP contribution in [0.2, 0.25) is 0 Å². The highest BCUT2D eigenvalue weighted by molar-refractivity contribution is 7.89. The second-order valence-corrected chi connectivity index (χ2v) is 7.50. The lowest BCUT2D eigenvalue weighted by molar-refractivity contribution is -0.112. The highest BCUT2D eigenvalue weighted by atomic mass is 32.2. The van der Waals surface area contributed by atoms with Crippen molar-refractivity contribution in [2.24, 2.45) is 5.14 Å². The minimum absolute atomic E-state index is 0.0880. The van der Waals surface area contributed by atoms with Crippen LogP contribution in [0, 0.1) is 11.3 Å². The lowest BCUT2D eigenvalue weighted by atomic mass is 10.1. The molecule has 0 spiro atoms. The van der Waals surface area contributed by atoms with Crippen LogP contribution in [0.25, 0.3) is 6.08 Å². The lowest BCUT2D eigenvalue weighted by Crippen LogP contribution is -2.16. The van der Waals surface area contributed by atoms with Crippen LogP contribution in [-0.2, 0) is 14.8 Å². The van der Waals surface area contributed by atoms with Gasteiger partial charge in [0.1, 0.15) is 24.9 Å². The first-order valence-electron chi connectivity index (χ1n) is 8.35. The van der Waals surface area contributed by atoms with E-state index in [1.165, 1.54) is 37.5 Å². The predicted octanol–water partition coefficient (Wildman–Crippen LogP) is 1.66. The summed E-state index contributed by atoms with van der Waals surface area (Å²) in [5.74, 6) is 0.682. The van der Waals surface area contributed by atoms with Gasteiger partial charge in [-0.2, -0.15) is 5.26 Å². The maximum absolute atomic E-state index is 12.4. The highest BCUT2D eigenvalue weighted by Gasteiger charge is 2.19. The third-order valence-electron chi connectivity index (χ3n) is 3.97. The first-order valence-corrected chi connectivity index (χ1v) is 9.90. The van der Waals surface area contributed by atoms with E-state index in [2.05, 4.69) is 5.32 Å². The number of nitrogens with one attached hydrogen (secondary N) is 1. The molecule has 3 N–H and O–H groups in total. The Labute approximate surface area is 167 Å². The second-order valence-electron chi connectivity index (χ2n) is 5.94. The van der Waals surface area contributed by atoms with Crippen molar-refractivity contribution in [3.8, 4) is 23.3 Å². The molecule has 0 unspecified atom stereocenters. The van der Waals surface area contributed by atoms with Crippen molar-refractivity contribution >= 4 is 27.7 Å². The number of methoxy groups -OCH3 is 1. The summed E-state index contributed by atoms with van der Waals surface area (Å²) < 4.78 is 38.9. The van der Waals surface area contributed by atoms with E-state index in [-0.39, 0.29) is 10.5 Å². The summed E-state index contributed by atoms with van der Waals surface area (Å²) >= 11 is 0. The average molecular weight is 415 g/mol. The number of ether oxygens (including phenoxy) is 3. The Morgan fingerprint density at radius 2 is 1.93 bits per heavy atom. The molecule has 0 saturated heterocycles. The van der Waals surface area contributed by atoms with E-state index < -0.39 is 15.9 Å². The van der Waals surface area contributed by atoms with Gasteiger partial charge in [0.05, 0.1) is 12.0 Å². The Bertz CT molecular complexity index is 1100. The van der Waals surface area contributed by atoms with Crippen molar-refractivity contribution in [1.29, 1.82) is 5.26 Å². The number of nitrogens with two attached hydrogens (primary N) is 1. The first kappa shape index (κ1) is 20.2. The molecule has 1 aliphatic rings. The zero-order chi connectivity index (χ0) is 21.0. The van der Waals surface area contributed by atoms with Crippen molar-refractivity contribution < 1.29 is 27.4 Å². The van der Waals surface area contributed by atoms with Crippen LogP contribution in [0.1, 0.15) is 5.56 Å². The molecule has 9 nitrogen and oxygen atoms in total. The van der Waals surface area contributed by atoms with Gasteiger partial charge in [-0.05, 0) is 48.0 Å². The Kier molecular flexibility index (Phi) is 5.72. The van der Waals surface area contributed by atoms with Gasteiger partial charge in [0, 0.05) is 5.69 Å². The lowest BCUT2D eigenvalue weighted by Gasteiger charge is -2.21. The summed E-state index contributed by atoms with van der Waals surface area (Å²) in [6.45, 7) is 0.776. The smallest absolute Gasteiger partial charge is 0.266 e. The normalized spacial score (nSPS) is 13.3. The number of rotatable bonds is 5. The van der Waals surface area contributed by atoms with Crippen molar-refractivity contribution in [2.45, 2.75) is 4.90 Å². The van der Waals surface area contributed by atoms with Crippen molar-refractivity contribution in [3.05, 3.63) is 47.5 Å². The molecular formula is C19H17N3O6S. The van der Waals surface area contributed by atoms with Gasteiger partial charge in [-0.3, -0.25) is 4.79 Å². The van der Waals surface area contributed by atoms with Crippen LogP contribution in [0.3, 0.4) is 0 Å². The molecule has 0 aliphatic carbocycles. The van der Waals surface area contributed by atoms with Crippen molar-refractivity contribution in [3.63, 3.8) is 0 Å². The zero-order valence-electron chi connectivity index (χ0n) is 15.3. The van der Waals surface area contributed by atoms with E-state index in [4.69, 9.17) is 19.3 Å². The Morgan fingerprint density at radius 3 is 2.55 bits per heavy atom. The zero-order valence-corrected chi connectivity index (χ0v) is 16.2. The number of carbonyl (C=O) groups excluding carboxylic acids is 1. The molecule has 2 aromatic carbocycles. The van der Waals surface area contributed by atoms with Gasteiger partial charge < -0.3 is 19.5 Å². The molecule has 2 aromatic rings. The predicted molar refractivity (Wildman–Crippen MR) is 104 cm³/mol. The van der Waals surface area contributed by atoms with E-state index in [1.807, 2.05) is 6.07 Å². The average Bonchev–Trinajstić information content (AvgIpc) is 2.71. The fourth-order valence-corrected chi connectivity index (χ4v) is 3.13. The highest BCUT2D eigenvalue weighted by Crippen LogP contribution is 2.40. The number of amides is 1. The number of primary sulfonamides is 1. The summed E-state index contributed by atoms with van der Waals surface area (Å²) in [7, 11) is -2.36. The van der Waals surface area contributed by atoms with E-state index in [0.717, 1.165) is 0 Å². The molecule has 0 saturated carbocycles. The monoisotopic (exact) mass is 415 g/mol. The van der Waals surface area contributed by atoms with Crippen molar-refractivity contribution in [2.75, 3.05) is 25.6 Å². The van der Waals surface area contributed by atoms with E-state index >= 15 is 0 Å². The molecule has 1 aliphatic heterocycles. The van der Waals surface area contributed by atoms with Crippen LogP contribution in [0.4, 0.5) is 5.69 Å². The summed E-state index contributed by atoms with van der Waals surface area (Å²) in [4.78, 5) is 12.4. The van der Waals surface area contributed by atoms with Gasteiger partial charge in [0.2, 0.25) is 15.8 Å². The number of fused-ring (bicyclic) bond motifs is 1. The molecule has 150 valence electrons. The Hall–Kier alpha value is -3.55. The summed E-state index contributed by atoms with van der Waals surface area (Å²) in [5, 5.41) is 17.0. The van der Waals surface area contributed by atoms with Crippen molar-refractivity contribution in [1.82, 2.24) is 0 Å².